The molecule has 0 radical (unpaired) electrons. The van der Waals surface area contributed by atoms with Gasteiger partial charge in [0.2, 0.25) is 0 Å². The molecule has 6 rings (SSSR count). The number of rotatable bonds is 4. The van der Waals surface area contributed by atoms with E-state index in [2.05, 4.69) is 28.5 Å². The van der Waals surface area contributed by atoms with Gasteiger partial charge in [-0.15, -0.1) is 0 Å². The number of benzene rings is 3. The van der Waals surface area contributed by atoms with Crippen LogP contribution in [0.5, 0.6) is 0 Å². The molecule has 1 amide bonds. The number of anilines is 1. The highest BCUT2D eigenvalue weighted by atomic mass is 35.5. The Morgan fingerprint density at radius 1 is 0.971 bits per heavy atom. The first-order chi connectivity index (χ1) is 16.9. The van der Waals surface area contributed by atoms with Crippen LogP contribution in [0.1, 0.15) is 61.6 Å². The molecule has 3 heterocycles. The lowest BCUT2D eigenvalue weighted by Gasteiger charge is -2.18. The molecule has 0 aliphatic carbocycles. The van der Waals surface area contributed by atoms with E-state index in [0.717, 1.165) is 49.7 Å². The van der Waals surface area contributed by atoms with E-state index in [-0.39, 0.29) is 18.1 Å². The number of carbonyl (C=O) groups excluding carboxylic acids is 1. The maximum Gasteiger partial charge on any atom is 0.251 e. The highest BCUT2D eigenvalue weighted by Gasteiger charge is 2.43. The van der Waals surface area contributed by atoms with Crippen LogP contribution in [0.3, 0.4) is 0 Å². The molecule has 0 saturated heterocycles. The summed E-state index contributed by atoms with van der Waals surface area (Å²) < 4.78 is 6.36. The summed E-state index contributed by atoms with van der Waals surface area (Å²) >= 11 is 6.44. The second-order valence-corrected chi connectivity index (χ2v) is 9.58. The minimum absolute atomic E-state index is 0.103. The quantitative estimate of drug-likeness (QED) is 0.371. The summed E-state index contributed by atoms with van der Waals surface area (Å²) in [7, 11) is 0. The van der Waals surface area contributed by atoms with E-state index in [1.807, 2.05) is 62.4 Å². The van der Waals surface area contributed by atoms with Crippen LogP contribution in [-0.2, 0) is 11.3 Å². The third-order valence-corrected chi connectivity index (χ3v) is 7.35. The number of nitrogens with zero attached hydrogens (tertiary/aromatic N) is 1. The SMILES string of the molecule is Cc1cc(N)nc(C)c1CNC(=O)c1ccc2c(c1)C1OC2c2ccc(-c3ccccc3Cl)cc21. The lowest BCUT2D eigenvalue weighted by Crippen LogP contribution is -2.24. The fourth-order valence-electron chi connectivity index (χ4n) is 5.28. The maximum absolute atomic E-state index is 13.0. The van der Waals surface area contributed by atoms with E-state index in [1.54, 1.807) is 0 Å². The van der Waals surface area contributed by atoms with Gasteiger partial charge in [-0.05, 0) is 83.1 Å². The largest absolute Gasteiger partial charge is 0.384 e. The molecule has 35 heavy (non-hydrogen) atoms. The molecule has 3 N–H and O–H groups in total. The molecular formula is C29H24ClN3O2. The van der Waals surface area contributed by atoms with Crippen molar-refractivity contribution in [1.82, 2.24) is 10.3 Å². The lowest BCUT2D eigenvalue weighted by molar-refractivity contribution is 0.0857. The number of ether oxygens (including phenoxy) is 1. The van der Waals surface area contributed by atoms with Crippen molar-refractivity contribution in [2.24, 2.45) is 0 Å². The van der Waals surface area contributed by atoms with Crippen LogP contribution in [0.25, 0.3) is 11.1 Å². The summed E-state index contributed by atoms with van der Waals surface area (Å²) in [5.41, 5.74) is 15.8. The average Bonchev–Trinajstić information content (AvgIpc) is 3.40. The van der Waals surface area contributed by atoms with Gasteiger partial charge in [0.15, 0.2) is 0 Å². The summed E-state index contributed by atoms with van der Waals surface area (Å²) in [4.78, 5) is 17.3. The summed E-state index contributed by atoms with van der Waals surface area (Å²) in [6, 6.07) is 21.9. The molecule has 2 unspecified atom stereocenters. The minimum Gasteiger partial charge on any atom is -0.384 e. The zero-order chi connectivity index (χ0) is 24.3. The van der Waals surface area contributed by atoms with E-state index < -0.39 is 0 Å². The van der Waals surface area contributed by atoms with Crippen molar-refractivity contribution >= 4 is 23.3 Å². The van der Waals surface area contributed by atoms with E-state index in [4.69, 9.17) is 22.1 Å². The Bertz CT molecular complexity index is 1490. The molecule has 0 fully saturated rings. The van der Waals surface area contributed by atoms with Gasteiger partial charge >= 0.3 is 0 Å². The molecule has 2 aliphatic heterocycles. The second-order valence-electron chi connectivity index (χ2n) is 9.17. The number of nitrogens with one attached hydrogen (secondary N) is 1. The Hall–Kier alpha value is -3.67. The Labute approximate surface area is 208 Å². The van der Waals surface area contributed by atoms with Crippen LogP contribution in [0.4, 0.5) is 5.82 Å². The van der Waals surface area contributed by atoms with Crippen molar-refractivity contribution in [2.45, 2.75) is 32.6 Å². The van der Waals surface area contributed by atoms with Gasteiger partial charge in [-0.3, -0.25) is 4.79 Å². The number of aryl methyl sites for hydroxylation is 2. The van der Waals surface area contributed by atoms with Crippen molar-refractivity contribution in [3.8, 4) is 11.1 Å². The number of hydrogen-bond donors (Lipinski definition) is 2. The Morgan fingerprint density at radius 2 is 1.69 bits per heavy atom. The van der Waals surface area contributed by atoms with Crippen LogP contribution in [-0.4, -0.2) is 10.9 Å². The fraction of sp³-hybridized carbons (Fsp3) is 0.172. The molecule has 2 bridgehead atoms. The van der Waals surface area contributed by atoms with Gasteiger partial charge in [0.25, 0.3) is 5.91 Å². The van der Waals surface area contributed by atoms with Crippen molar-refractivity contribution in [3.63, 3.8) is 0 Å². The smallest absolute Gasteiger partial charge is 0.251 e. The van der Waals surface area contributed by atoms with E-state index in [0.29, 0.717) is 17.9 Å². The number of carbonyl (C=O) groups is 1. The molecule has 6 heteroatoms. The van der Waals surface area contributed by atoms with Crippen LogP contribution in [0.15, 0.2) is 66.7 Å². The zero-order valence-corrected chi connectivity index (χ0v) is 20.2. The maximum atomic E-state index is 13.0. The number of amides is 1. The minimum atomic E-state index is -0.189. The molecule has 5 nitrogen and oxygen atoms in total. The molecule has 4 aromatic rings. The van der Waals surface area contributed by atoms with Crippen molar-refractivity contribution in [1.29, 1.82) is 0 Å². The summed E-state index contributed by atoms with van der Waals surface area (Å²) in [6.45, 7) is 4.28. The van der Waals surface area contributed by atoms with Gasteiger partial charge in [0.1, 0.15) is 18.0 Å². The Kier molecular flexibility index (Phi) is 5.13. The lowest BCUT2D eigenvalue weighted by atomic mass is 9.84. The monoisotopic (exact) mass is 481 g/mol. The molecule has 3 aromatic carbocycles. The van der Waals surface area contributed by atoms with Gasteiger partial charge in [0, 0.05) is 28.4 Å². The highest BCUT2D eigenvalue weighted by Crippen LogP contribution is 2.55. The number of pyridine rings is 1. The fourth-order valence-corrected chi connectivity index (χ4v) is 5.52. The zero-order valence-electron chi connectivity index (χ0n) is 19.4. The van der Waals surface area contributed by atoms with Crippen molar-refractivity contribution in [2.75, 3.05) is 5.73 Å². The van der Waals surface area contributed by atoms with Crippen LogP contribution in [0.2, 0.25) is 5.02 Å². The summed E-state index contributed by atoms with van der Waals surface area (Å²) in [5.74, 6) is 0.359. The second kappa shape index (κ2) is 8.22. The van der Waals surface area contributed by atoms with Gasteiger partial charge in [-0.25, -0.2) is 4.98 Å². The number of nitrogen functional groups attached to an aromatic ring is 1. The van der Waals surface area contributed by atoms with E-state index >= 15 is 0 Å². The van der Waals surface area contributed by atoms with Crippen molar-refractivity contribution in [3.05, 3.63) is 116 Å². The molecule has 2 atom stereocenters. The standard InChI is InChI=1S/C29H24ClN3O2/c1-15-11-26(31)33-16(2)24(15)14-32-29(34)18-8-10-21-23(13-18)28-22-12-17(7-9-20(22)27(21)35-28)19-5-3-4-6-25(19)30/h3-13,27-28H,14H2,1-2H3,(H2,31,33)(H,32,34). The topological polar surface area (TPSA) is 77.2 Å². The number of hydrogen-bond acceptors (Lipinski definition) is 4. The first-order valence-corrected chi connectivity index (χ1v) is 12.0. The molecule has 2 aliphatic rings. The predicted octanol–water partition coefficient (Wildman–Crippen LogP) is 6.05. The van der Waals surface area contributed by atoms with Crippen LogP contribution < -0.4 is 11.1 Å². The number of aromatic nitrogens is 1. The molecule has 0 spiro atoms. The van der Waals surface area contributed by atoms with Gasteiger partial charge in [-0.2, -0.15) is 0 Å². The van der Waals surface area contributed by atoms with Crippen molar-refractivity contribution < 1.29 is 9.53 Å². The first kappa shape index (κ1) is 21.8. The van der Waals surface area contributed by atoms with Gasteiger partial charge in [0.05, 0.1) is 0 Å². The Balaban J connectivity index is 1.27. The highest BCUT2D eigenvalue weighted by molar-refractivity contribution is 6.33. The van der Waals surface area contributed by atoms with E-state index in [1.165, 1.54) is 5.56 Å². The van der Waals surface area contributed by atoms with Gasteiger partial charge in [-0.1, -0.05) is 48.0 Å². The molecule has 174 valence electrons. The van der Waals surface area contributed by atoms with E-state index in [9.17, 15) is 4.79 Å². The molecule has 1 aromatic heterocycles. The number of fused-ring (bicyclic) bond motifs is 8. The average molecular weight is 482 g/mol. The number of halogens is 1. The Morgan fingerprint density at radius 3 is 2.46 bits per heavy atom. The summed E-state index contributed by atoms with van der Waals surface area (Å²) in [6.07, 6.45) is -0.292. The van der Waals surface area contributed by atoms with Gasteiger partial charge < -0.3 is 15.8 Å². The van der Waals surface area contributed by atoms with Crippen LogP contribution >= 0.6 is 11.6 Å². The third-order valence-electron chi connectivity index (χ3n) is 7.02. The first-order valence-electron chi connectivity index (χ1n) is 11.6. The third kappa shape index (κ3) is 3.59. The normalized spacial score (nSPS) is 17.2. The number of nitrogens with two attached hydrogens (primary N) is 1. The van der Waals surface area contributed by atoms with Crippen LogP contribution in [0, 0.1) is 13.8 Å². The molecule has 0 saturated carbocycles. The molecular weight excluding hydrogens is 458 g/mol. The summed E-state index contributed by atoms with van der Waals surface area (Å²) in [5, 5.41) is 3.75. The predicted molar refractivity (Wildman–Crippen MR) is 137 cm³/mol.